The Morgan fingerprint density at radius 2 is 1.66 bits per heavy atom. The molecule has 0 aliphatic carbocycles. The Kier molecular flexibility index (Phi) is 8.10. The second kappa shape index (κ2) is 11.3. The predicted molar refractivity (Wildman–Crippen MR) is 139 cm³/mol. The second-order valence-electron chi connectivity index (χ2n) is 10.7. The lowest BCUT2D eigenvalue weighted by Crippen LogP contribution is -2.56. The number of piperazine rings is 1. The molecule has 5 rings (SSSR count). The Balaban J connectivity index is 1.40. The molecular weight excluding hydrogens is 552 g/mol. The van der Waals surface area contributed by atoms with Gasteiger partial charge in [-0.3, -0.25) is 9.69 Å². The number of carbonyl (C=O) groups excluding carboxylic acids is 1. The molecule has 12 heteroatoms. The number of para-hydroxylation sites is 1. The van der Waals surface area contributed by atoms with Gasteiger partial charge in [-0.1, -0.05) is 18.2 Å². The Morgan fingerprint density at radius 1 is 1.00 bits per heavy atom. The number of ether oxygens (including phenoxy) is 2. The van der Waals surface area contributed by atoms with Crippen molar-refractivity contribution in [2.45, 2.75) is 50.4 Å². The van der Waals surface area contributed by atoms with Crippen molar-refractivity contribution in [1.82, 2.24) is 14.8 Å². The molecule has 0 radical (unpaired) electrons. The third-order valence-electron chi connectivity index (χ3n) is 7.80. The zero-order chi connectivity index (χ0) is 29.4. The van der Waals surface area contributed by atoms with Crippen LogP contribution >= 0.6 is 0 Å². The van der Waals surface area contributed by atoms with Crippen molar-refractivity contribution in [1.29, 1.82) is 0 Å². The van der Waals surface area contributed by atoms with Crippen molar-refractivity contribution in [3.05, 3.63) is 70.9 Å². The summed E-state index contributed by atoms with van der Waals surface area (Å²) in [6, 6.07) is 8.17. The monoisotopic (exact) mass is 583 g/mol. The van der Waals surface area contributed by atoms with Gasteiger partial charge in [0.2, 0.25) is 0 Å². The largest absolute Gasteiger partial charge is 0.416 e. The van der Waals surface area contributed by atoms with Crippen molar-refractivity contribution in [2.75, 3.05) is 39.4 Å². The first-order valence-corrected chi connectivity index (χ1v) is 13.5. The van der Waals surface area contributed by atoms with E-state index in [1.165, 1.54) is 4.90 Å². The van der Waals surface area contributed by atoms with Crippen LogP contribution in [-0.2, 0) is 28.2 Å². The van der Waals surface area contributed by atoms with Crippen molar-refractivity contribution >= 4 is 16.8 Å². The average Bonchev–Trinajstić information content (AvgIpc) is 3.54. The molecule has 1 aromatic heterocycles. The number of hydrogen-bond donors (Lipinski definition) is 1. The van der Waals surface area contributed by atoms with Crippen LogP contribution in [0.15, 0.2) is 48.7 Å². The number of H-pyrrole nitrogens is 1. The molecule has 0 bridgehead atoms. The molecule has 3 aromatic rings. The van der Waals surface area contributed by atoms with Gasteiger partial charge in [0.25, 0.3) is 5.91 Å². The maximum Gasteiger partial charge on any atom is 0.416 e. The molecule has 0 spiro atoms. The minimum Gasteiger partial charge on any atom is -0.361 e. The van der Waals surface area contributed by atoms with Crippen LogP contribution in [0.2, 0.25) is 0 Å². The molecule has 222 valence electrons. The fourth-order valence-corrected chi connectivity index (χ4v) is 5.69. The SMILES string of the molecule is CC1(CCCN2CCN(C(=O)c3cc(C(F)(F)F)cc(C(F)(F)F)c3)C(Cc3c[nH]c4ccccc34)C2)OCCO1. The van der Waals surface area contributed by atoms with Crippen LogP contribution in [0.3, 0.4) is 0 Å². The summed E-state index contributed by atoms with van der Waals surface area (Å²) >= 11 is 0. The van der Waals surface area contributed by atoms with Crippen molar-refractivity contribution in [3.8, 4) is 0 Å². The van der Waals surface area contributed by atoms with E-state index >= 15 is 0 Å². The summed E-state index contributed by atoms with van der Waals surface area (Å²) in [7, 11) is 0. The van der Waals surface area contributed by atoms with Gasteiger partial charge in [0, 0.05) is 54.8 Å². The van der Waals surface area contributed by atoms with Gasteiger partial charge in [0.05, 0.1) is 24.3 Å². The first kappa shape index (κ1) is 29.4. The molecule has 6 nitrogen and oxygen atoms in total. The van der Waals surface area contributed by atoms with Crippen LogP contribution < -0.4 is 0 Å². The van der Waals surface area contributed by atoms with Gasteiger partial charge >= 0.3 is 12.4 Å². The Labute approximate surface area is 233 Å². The third kappa shape index (κ3) is 6.70. The summed E-state index contributed by atoms with van der Waals surface area (Å²) in [5.74, 6) is -1.49. The van der Waals surface area contributed by atoms with E-state index in [0.29, 0.717) is 57.8 Å². The number of carbonyl (C=O) groups is 1. The molecule has 2 fully saturated rings. The van der Waals surface area contributed by atoms with Gasteiger partial charge < -0.3 is 19.4 Å². The molecule has 0 saturated carbocycles. The number of halogens is 6. The number of fused-ring (bicyclic) bond motifs is 1. The van der Waals surface area contributed by atoms with E-state index in [9.17, 15) is 31.1 Å². The highest BCUT2D eigenvalue weighted by atomic mass is 19.4. The second-order valence-corrected chi connectivity index (χ2v) is 10.7. The molecule has 1 amide bonds. The Morgan fingerprint density at radius 3 is 2.32 bits per heavy atom. The molecule has 2 saturated heterocycles. The lowest BCUT2D eigenvalue weighted by molar-refractivity contribution is -0.148. The lowest BCUT2D eigenvalue weighted by atomic mass is 9.98. The molecule has 2 aliphatic heterocycles. The van der Waals surface area contributed by atoms with E-state index in [-0.39, 0.29) is 12.6 Å². The van der Waals surface area contributed by atoms with Crippen molar-refractivity contribution in [3.63, 3.8) is 0 Å². The number of alkyl halides is 6. The zero-order valence-corrected chi connectivity index (χ0v) is 22.4. The fraction of sp³-hybridized carbons (Fsp3) is 0.483. The third-order valence-corrected chi connectivity index (χ3v) is 7.80. The standard InChI is InChI=1S/C29H31F6N3O3/c1-27(40-11-12-41-27)7-4-8-37-9-10-38(23(18-37)15-20-17-36-25-6-3-2-5-24(20)25)26(39)19-13-21(28(30,31)32)16-22(14-19)29(33,34)35/h2-3,5-6,13-14,16-17,23,36H,4,7-12,15,18H2,1H3. The summed E-state index contributed by atoms with van der Waals surface area (Å²) in [6.07, 6.45) is -6.45. The number of nitrogens with one attached hydrogen (secondary N) is 1. The molecule has 2 aliphatic rings. The summed E-state index contributed by atoms with van der Waals surface area (Å²) < 4.78 is 92.4. The molecule has 1 unspecified atom stereocenters. The van der Waals surface area contributed by atoms with Crippen LogP contribution in [-0.4, -0.2) is 71.9 Å². The lowest BCUT2D eigenvalue weighted by Gasteiger charge is -2.42. The minimum absolute atomic E-state index is 0.0381. The summed E-state index contributed by atoms with van der Waals surface area (Å²) in [5, 5.41) is 0.943. The van der Waals surface area contributed by atoms with E-state index in [1.54, 1.807) is 0 Å². The average molecular weight is 584 g/mol. The van der Waals surface area contributed by atoms with Gasteiger partial charge in [-0.15, -0.1) is 0 Å². The summed E-state index contributed by atoms with van der Waals surface area (Å²) in [5.41, 5.74) is -1.84. The minimum atomic E-state index is -5.04. The highest BCUT2D eigenvalue weighted by Gasteiger charge is 2.39. The van der Waals surface area contributed by atoms with E-state index in [2.05, 4.69) is 9.88 Å². The number of amides is 1. The van der Waals surface area contributed by atoms with Crippen LogP contribution in [0.25, 0.3) is 10.9 Å². The fourth-order valence-electron chi connectivity index (χ4n) is 5.69. The topological polar surface area (TPSA) is 57.8 Å². The molecule has 3 heterocycles. The molecule has 1 atom stereocenters. The van der Waals surface area contributed by atoms with Gasteiger partial charge in [-0.25, -0.2) is 0 Å². The maximum absolute atomic E-state index is 13.6. The van der Waals surface area contributed by atoms with E-state index in [1.807, 2.05) is 37.4 Å². The van der Waals surface area contributed by atoms with E-state index < -0.39 is 46.8 Å². The quantitative estimate of drug-likeness (QED) is 0.341. The molecular formula is C29H31F6N3O3. The van der Waals surface area contributed by atoms with E-state index in [0.717, 1.165) is 22.9 Å². The Hall–Kier alpha value is -3.09. The maximum atomic E-state index is 13.6. The van der Waals surface area contributed by atoms with Gasteiger partial charge in [0.15, 0.2) is 5.79 Å². The normalized spacial score (nSPS) is 20.2. The molecule has 41 heavy (non-hydrogen) atoms. The highest BCUT2D eigenvalue weighted by molar-refractivity contribution is 5.95. The van der Waals surface area contributed by atoms with Crippen LogP contribution in [0.5, 0.6) is 0 Å². The number of hydrogen-bond acceptors (Lipinski definition) is 4. The number of nitrogens with zero attached hydrogens (tertiary/aromatic N) is 2. The number of aromatic amines is 1. The predicted octanol–water partition coefficient (Wildman–Crippen LogP) is 6.12. The first-order valence-electron chi connectivity index (χ1n) is 13.5. The zero-order valence-electron chi connectivity index (χ0n) is 22.4. The highest BCUT2D eigenvalue weighted by Crippen LogP contribution is 2.37. The summed E-state index contributed by atoms with van der Waals surface area (Å²) in [6.45, 7) is 4.64. The van der Waals surface area contributed by atoms with Gasteiger partial charge in [-0.2, -0.15) is 26.3 Å². The first-order chi connectivity index (χ1) is 19.3. The Bertz CT molecular complexity index is 1350. The van der Waals surface area contributed by atoms with E-state index in [4.69, 9.17) is 9.47 Å². The number of benzene rings is 2. The van der Waals surface area contributed by atoms with Crippen molar-refractivity contribution < 1.29 is 40.6 Å². The molecule has 2 aromatic carbocycles. The van der Waals surface area contributed by atoms with Crippen LogP contribution in [0.1, 0.15) is 46.8 Å². The molecule has 1 N–H and O–H groups in total. The van der Waals surface area contributed by atoms with Crippen LogP contribution in [0.4, 0.5) is 26.3 Å². The summed E-state index contributed by atoms with van der Waals surface area (Å²) in [4.78, 5) is 20.4. The van der Waals surface area contributed by atoms with Crippen molar-refractivity contribution in [2.24, 2.45) is 0 Å². The van der Waals surface area contributed by atoms with Crippen LogP contribution in [0, 0.1) is 0 Å². The smallest absolute Gasteiger partial charge is 0.361 e. The number of rotatable bonds is 7. The van der Waals surface area contributed by atoms with Gasteiger partial charge in [0.1, 0.15) is 0 Å². The van der Waals surface area contributed by atoms with Gasteiger partial charge in [-0.05, 0) is 56.1 Å². The number of aromatic nitrogens is 1.